The molecule has 1 aliphatic rings. The number of carbonyl (C=O) groups excluding carboxylic acids is 2. The highest BCUT2D eigenvalue weighted by Crippen LogP contribution is 2.59. The summed E-state index contributed by atoms with van der Waals surface area (Å²) >= 11 is 1.23. The van der Waals surface area contributed by atoms with Gasteiger partial charge in [-0.25, -0.2) is 0 Å². The first-order valence-electron chi connectivity index (χ1n) is 10.1. The number of nitriles is 1. The van der Waals surface area contributed by atoms with Gasteiger partial charge in [-0.15, -0.1) is 0 Å². The molecule has 5 nitrogen and oxygen atoms in total. The zero-order valence-corrected chi connectivity index (χ0v) is 18.6. The standard InChI is InChI=1S/C25H25NO4S/c1-4-31-22(27)14-13-20-23(25(20,2)3)24(28)30-21(16-26)17-9-8-12-19(15-17)29-18-10-6-5-7-11-18/h5-15,20-21,23H,4H2,1-3H3/t20-,21+,23-/m0/s1. The van der Waals surface area contributed by atoms with Crippen molar-refractivity contribution >= 4 is 22.8 Å². The van der Waals surface area contributed by atoms with E-state index in [0.29, 0.717) is 22.8 Å². The van der Waals surface area contributed by atoms with Crippen molar-refractivity contribution in [2.45, 2.75) is 26.9 Å². The number of hydrogen-bond donors (Lipinski definition) is 0. The summed E-state index contributed by atoms with van der Waals surface area (Å²) < 4.78 is 11.4. The summed E-state index contributed by atoms with van der Waals surface area (Å²) in [5.41, 5.74) is 0.229. The minimum Gasteiger partial charge on any atom is -0.457 e. The van der Waals surface area contributed by atoms with E-state index in [2.05, 4.69) is 6.07 Å². The van der Waals surface area contributed by atoms with Gasteiger partial charge < -0.3 is 9.47 Å². The van der Waals surface area contributed by atoms with Crippen molar-refractivity contribution in [2.24, 2.45) is 17.3 Å². The molecular weight excluding hydrogens is 410 g/mol. The number of carbonyl (C=O) groups is 2. The van der Waals surface area contributed by atoms with Crippen LogP contribution in [0.2, 0.25) is 0 Å². The number of allylic oxidation sites excluding steroid dienone is 1. The molecule has 1 fully saturated rings. The lowest BCUT2D eigenvalue weighted by Crippen LogP contribution is -2.14. The molecular formula is C25H25NO4S. The summed E-state index contributed by atoms with van der Waals surface area (Å²) in [6, 6.07) is 18.3. The van der Waals surface area contributed by atoms with E-state index >= 15 is 0 Å². The smallest absolute Gasteiger partial charge is 0.311 e. The highest BCUT2D eigenvalue weighted by Gasteiger charge is 2.61. The number of nitrogens with zero attached hydrogens (tertiary/aromatic N) is 1. The van der Waals surface area contributed by atoms with Crippen molar-refractivity contribution in [3.05, 3.63) is 72.3 Å². The van der Waals surface area contributed by atoms with Gasteiger partial charge in [-0.3, -0.25) is 9.59 Å². The third-order valence-corrected chi connectivity index (χ3v) is 6.09. The summed E-state index contributed by atoms with van der Waals surface area (Å²) in [6.45, 7) is 5.84. The quantitative estimate of drug-likeness (QED) is 0.391. The van der Waals surface area contributed by atoms with Gasteiger partial charge >= 0.3 is 5.97 Å². The Kier molecular flexibility index (Phi) is 7.19. The van der Waals surface area contributed by atoms with E-state index < -0.39 is 12.1 Å². The molecule has 0 saturated heterocycles. The zero-order chi connectivity index (χ0) is 22.4. The second-order valence-electron chi connectivity index (χ2n) is 7.87. The largest absolute Gasteiger partial charge is 0.457 e. The number of rotatable bonds is 8. The van der Waals surface area contributed by atoms with Gasteiger partial charge in [-0.05, 0) is 47.4 Å². The van der Waals surface area contributed by atoms with Crippen LogP contribution < -0.4 is 4.74 Å². The molecule has 6 heteroatoms. The number of para-hydroxylation sites is 1. The molecule has 0 radical (unpaired) electrons. The maximum absolute atomic E-state index is 12.8. The van der Waals surface area contributed by atoms with Crippen LogP contribution in [-0.2, 0) is 14.3 Å². The number of esters is 1. The predicted octanol–water partition coefficient (Wildman–Crippen LogP) is 5.69. The summed E-state index contributed by atoms with van der Waals surface area (Å²) in [5.74, 6) is 1.03. The second kappa shape index (κ2) is 9.84. The lowest BCUT2D eigenvalue weighted by atomic mass is 10.1. The van der Waals surface area contributed by atoms with Crippen molar-refractivity contribution in [1.82, 2.24) is 0 Å². The third-order valence-electron chi connectivity index (χ3n) is 5.38. The molecule has 0 amide bonds. The van der Waals surface area contributed by atoms with Gasteiger partial charge in [0, 0.05) is 5.56 Å². The van der Waals surface area contributed by atoms with Crippen LogP contribution in [-0.4, -0.2) is 16.8 Å². The second-order valence-corrected chi connectivity index (χ2v) is 9.14. The Morgan fingerprint density at radius 2 is 1.87 bits per heavy atom. The van der Waals surface area contributed by atoms with E-state index in [1.54, 1.807) is 30.3 Å². The fraction of sp³-hybridized carbons (Fsp3) is 0.320. The van der Waals surface area contributed by atoms with Gasteiger partial charge in [0.15, 0.2) is 0 Å². The summed E-state index contributed by atoms with van der Waals surface area (Å²) in [5, 5.41) is 9.59. The van der Waals surface area contributed by atoms with Gasteiger partial charge in [-0.2, -0.15) is 5.26 Å². The number of hydrogen-bond acceptors (Lipinski definition) is 6. The van der Waals surface area contributed by atoms with Crippen LogP contribution in [0.4, 0.5) is 0 Å². The first kappa shape index (κ1) is 22.6. The Balaban J connectivity index is 1.67. The van der Waals surface area contributed by atoms with E-state index in [-0.39, 0.29) is 22.4 Å². The zero-order valence-electron chi connectivity index (χ0n) is 17.8. The molecule has 2 aromatic carbocycles. The lowest BCUT2D eigenvalue weighted by Gasteiger charge is -2.13. The average molecular weight is 436 g/mol. The fourth-order valence-corrected chi connectivity index (χ4v) is 4.04. The average Bonchev–Trinajstić information content (AvgIpc) is 3.32. The minimum atomic E-state index is -1.04. The van der Waals surface area contributed by atoms with Crippen LogP contribution in [0.25, 0.3) is 0 Å². The Morgan fingerprint density at radius 3 is 2.55 bits per heavy atom. The van der Waals surface area contributed by atoms with Crippen LogP contribution in [0.5, 0.6) is 11.5 Å². The monoisotopic (exact) mass is 435 g/mol. The Bertz CT molecular complexity index is 1010. The summed E-state index contributed by atoms with van der Waals surface area (Å²) in [4.78, 5) is 24.5. The van der Waals surface area contributed by atoms with Gasteiger partial charge in [0.1, 0.15) is 17.6 Å². The van der Waals surface area contributed by atoms with Crippen LogP contribution >= 0.6 is 11.8 Å². The Hall–Kier alpha value is -3.04. The van der Waals surface area contributed by atoms with Crippen LogP contribution in [0.3, 0.4) is 0 Å². The topological polar surface area (TPSA) is 76.4 Å². The molecule has 0 heterocycles. The van der Waals surface area contributed by atoms with Crippen molar-refractivity contribution in [3.63, 3.8) is 0 Å². The van der Waals surface area contributed by atoms with Crippen molar-refractivity contribution < 1.29 is 19.1 Å². The molecule has 160 valence electrons. The van der Waals surface area contributed by atoms with Crippen molar-refractivity contribution in [1.29, 1.82) is 5.26 Å². The molecule has 3 atom stereocenters. The molecule has 0 bridgehead atoms. The Labute approximate surface area is 187 Å². The van der Waals surface area contributed by atoms with Crippen molar-refractivity contribution in [3.8, 4) is 17.6 Å². The molecule has 1 saturated carbocycles. The van der Waals surface area contributed by atoms with Gasteiger partial charge in [-0.1, -0.05) is 68.9 Å². The van der Waals surface area contributed by atoms with E-state index in [1.165, 1.54) is 17.8 Å². The number of thioether (sulfide) groups is 1. The molecule has 2 aromatic rings. The number of benzene rings is 2. The van der Waals surface area contributed by atoms with Crippen molar-refractivity contribution in [2.75, 3.05) is 5.75 Å². The van der Waals surface area contributed by atoms with Gasteiger partial charge in [0.05, 0.1) is 5.92 Å². The van der Waals surface area contributed by atoms with Crippen LogP contribution in [0.15, 0.2) is 66.7 Å². The maximum atomic E-state index is 12.8. The van der Waals surface area contributed by atoms with Crippen LogP contribution in [0.1, 0.15) is 32.4 Å². The third kappa shape index (κ3) is 5.56. The summed E-state index contributed by atoms with van der Waals surface area (Å²) in [6.07, 6.45) is 2.28. The lowest BCUT2D eigenvalue weighted by molar-refractivity contribution is -0.149. The minimum absolute atomic E-state index is 0.0255. The molecule has 31 heavy (non-hydrogen) atoms. The normalized spacial score (nSPS) is 19.9. The molecule has 0 spiro atoms. The van der Waals surface area contributed by atoms with Gasteiger partial charge in [0.2, 0.25) is 11.2 Å². The Morgan fingerprint density at radius 1 is 1.16 bits per heavy atom. The van der Waals surface area contributed by atoms with E-state index in [0.717, 1.165) is 0 Å². The predicted molar refractivity (Wildman–Crippen MR) is 120 cm³/mol. The first-order chi connectivity index (χ1) is 14.9. The van der Waals surface area contributed by atoms with E-state index in [1.807, 2.05) is 51.1 Å². The molecule has 3 rings (SSSR count). The maximum Gasteiger partial charge on any atom is 0.311 e. The van der Waals surface area contributed by atoms with Gasteiger partial charge in [0.25, 0.3) is 0 Å². The fourth-order valence-electron chi connectivity index (χ4n) is 3.58. The molecule has 0 unspecified atom stereocenters. The van der Waals surface area contributed by atoms with E-state index in [4.69, 9.17) is 9.47 Å². The summed E-state index contributed by atoms with van der Waals surface area (Å²) in [7, 11) is 0. The highest BCUT2D eigenvalue weighted by atomic mass is 32.2. The van der Waals surface area contributed by atoms with E-state index in [9.17, 15) is 14.9 Å². The number of ether oxygens (including phenoxy) is 2. The molecule has 0 N–H and O–H groups in total. The first-order valence-corrected chi connectivity index (χ1v) is 11.1. The SMILES string of the molecule is CCSC(=O)C=C[C@H]1[C@@H](C(=O)O[C@H](C#N)c2cccc(Oc3ccccc3)c2)C1(C)C. The molecule has 1 aliphatic carbocycles. The molecule has 0 aliphatic heterocycles. The molecule has 0 aromatic heterocycles. The van der Waals surface area contributed by atoms with Crippen LogP contribution in [0, 0.1) is 28.6 Å². The highest BCUT2D eigenvalue weighted by molar-refractivity contribution is 8.14.